The van der Waals surface area contributed by atoms with Gasteiger partial charge in [-0.2, -0.15) is 0 Å². The van der Waals surface area contributed by atoms with Gasteiger partial charge in [-0.25, -0.2) is 0 Å². The van der Waals surface area contributed by atoms with Crippen LogP contribution < -0.4 is 0 Å². The summed E-state index contributed by atoms with van der Waals surface area (Å²) in [6.45, 7) is 5.01. The fraction of sp³-hybridized carbons (Fsp3) is 0.500. The van der Waals surface area contributed by atoms with Crippen molar-refractivity contribution < 1.29 is 18.7 Å². The molecule has 6 heteroatoms. The maximum atomic E-state index is 12.8. The average molecular weight is 356 g/mol. The Kier molecular flexibility index (Phi) is 4.44. The zero-order valence-electron chi connectivity index (χ0n) is 15.1. The van der Waals surface area contributed by atoms with Crippen LogP contribution in [-0.2, 0) is 9.53 Å². The number of likely N-dealkylation sites (tertiary alicyclic amines) is 1. The Balaban J connectivity index is 1.45. The summed E-state index contributed by atoms with van der Waals surface area (Å²) in [4.78, 5) is 28.6. The molecule has 2 aromatic rings. The van der Waals surface area contributed by atoms with Crippen LogP contribution in [0, 0.1) is 0 Å². The normalized spacial score (nSPS) is 20.6. The van der Waals surface area contributed by atoms with Crippen LogP contribution in [0.15, 0.2) is 34.7 Å². The highest BCUT2D eigenvalue weighted by Gasteiger charge is 2.41. The Labute approximate surface area is 152 Å². The molecule has 0 N–H and O–H groups in total. The highest BCUT2D eigenvalue weighted by Crippen LogP contribution is 2.31. The van der Waals surface area contributed by atoms with Gasteiger partial charge in [-0.3, -0.25) is 9.59 Å². The minimum atomic E-state index is -0.327. The molecule has 138 valence electrons. The number of likely N-dealkylation sites (N-methyl/N-ethyl adjacent to an activating group) is 1. The molecule has 2 saturated heterocycles. The third kappa shape index (κ3) is 3.09. The van der Waals surface area contributed by atoms with Crippen molar-refractivity contribution in [3.63, 3.8) is 0 Å². The van der Waals surface area contributed by atoms with E-state index in [0.29, 0.717) is 45.0 Å². The zero-order valence-corrected chi connectivity index (χ0v) is 15.1. The number of furan rings is 1. The van der Waals surface area contributed by atoms with E-state index in [9.17, 15) is 9.59 Å². The fourth-order valence-corrected chi connectivity index (χ4v) is 3.95. The Morgan fingerprint density at radius 2 is 2.00 bits per heavy atom. The topological polar surface area (TPSA) is 63.0 Å². The Morgan fingerprint density at radius 1 is 1.23 bits per heavy atom. The van der Waals surface area contributed by atoms with E-state index in [4.69, 9.17) is 9.15 Å². The van der Waals surface area contributed by atoms with E-state index in [0.717, 1.165) is 23.8 Å². The molecule has 2 aliphatic heterocycles. The lowest BCUT2D eigenvalue weighted by atomic mass is 9.90. The van der Waals surface area contributed by atoms with E-state index in [1.807, 2.05) is 47.1 Å². The molecule has 0 radical (unpaired) electrons. The Hall–Kier alpha value is -2.34. The first-order valence-electron chi connectivity index (χ1n) is 9.30. The largest absolute Gasteiger partial charge is 0.451 e. The van der Waals surface area contributed by atoms with Crippen molar-refractivity contribution in [2.45, 2.75) is 31.8 Å². The summed E-state index contributed by atoms with van der Waals surface area (Å²) in [6.07, 6.45) is 1.92. The van der Waals surface area contributed by atoms with E-state index in [1.54, 1.807) is 0 Å². The molecular weight excluding hydrogens is 332 g/mol. The quantitative estimate of drug-likeness (QED) is 0.830. The number of rotatable bonds is 2. The summed E-state index contributed by atoms with van der Waals surface area (Å²) >= 11 is 0. The molecule has 0 aliphatic carbocycles. The molecule has 6 nitrogen and oxygen atoms in total. The van der Waals surface area contributed by atoms with Crippen LogP contribution in [-0.4, -0.2) is 60.0 Å². The van der Waals surface area contributed by atoms with Crippen LogP contribution in [0.5, 0.6) is 0 Å². The van der Waals surface area contributed by atoms with Gasteiger partial charge < -0.3 is 19.0 Å². The number of ether oxygens (including phenoxy) is 1. The second kappa shape index (κ2) is 6.76. The molecule has 1 aromatic heterocycles. The van der Waals surface area contributed by atoms with E-state index >= 15 is 0 Å². The maximum Gasteiger partial charge on any atom is 0.289 e. The minimum Gasteiger partial charge on any atom is -0.451 e. The maximum absolute atomic E-state index is 12.8. The van der Waals surface area contributed by atoms with Crippen molar-refractivity contribution in [1.82, 2.24) is 9.80 Å². The number of carbonyl (C=O) groups is 2. The number of fused-ring (bicyclic) bond motifs is 1. The predicted molar refractivity (Wildman–Crippen MR) is 96.9 cm³/mol. The number of hydrogen-bond donors (Lipinski definition) is 0. The van der Waals surface area contributed by atoms with E-state index in [1.165, 1.54) is 0 Å². The average Bonchev–Trinajstić information content (AvgIpc) is 3.03. The first kappa shape index (κ1) is 17.1. The van der Waals surface area contributed by atoms with Crippen LogP contribution in [0.2, 0.25) is 0 Å². The number of amides is 2. The van der Waals surface area contributed by atoms with Crippen LogP contribution in [0.3, 0.4) is 0 Å². The van der Waals surface area contributed by atoms with Crippen LogP contribution >= 0.6 is 0 Å². The lowest BCUT2D eigenvalue weighted by Crippen LogP contribution is -2.53. The standard InChI is InChI=1S/C20H24N2O4/c1-2-21-14-20(25-12-7-18(21)23)8-10-22(11-9-20)19(24)17-13-15-5-3-4-6-16(15)26-17/h3-6,13H,2,7-12,14H2,1H3. The zero-order chi connectivity index (χ0) is 18.1. The summed E-state index contributed by atoms with van der Waals surface area (Å²) in [7, 11) is 0. The smallest absolute Gasteiger partial charge is 0.289 e. The minimum absolute atomic E-state index is 0.0758. The van der Waals surface area contributed by atoms with Crippen molar-refractivity contribution >= 4 is 22.8 Å². The van der Waals surface area contributed by atoms with Crippen LogP contribution in [0.1, 0.15) is 36.7 Å². The molecule has 2 fully saturated rings. The lowest BCUT2D eigenvalue weighted by Gasteiger charge is -2.42. The van der Waals surface area contributed by atoms with E-state index in [2.05, 4.69) is 0 Å². The number of hydrogen-bond acceptors (Lipinski definition) is 4. The molecule has 26 heavy (non-hydrogen) atoms. The third-order valence-corrected chi connectivity index (χ3v) is 5.54. The molecule has 3 heterocycles. The summed E-state index contributed by atoms with van der Waals surface area (Å²) in [5.41, 5.74) is 0.404. The summed E-state index contributed by atoms with van der Waals surface area (Å²) in [5.74, 6) is 0.465. The highest BCUT2D eigenvalue weighted by molar-refractivity contribution is 5.96. The van der Waals surface area contributed by atoms with Gasteiger partial charge in [-0.1, -0.05) is 18.2 Å². The number of carbonyl (C=O) groups excluding carboxylic acids is 2. The first-order chi connectivity index (χ1) is 12.6. The van der Waals surface area contributed by atoms with Gasteiger partial charge in [-0.05, 0) is 31.9 Å². The van der Waals surface area contributed by atoms with Crippen molar-refractivity contribution in [2.24, 2.45) is 0 Å². The molecule has 4 rings (SSSR count). The SMILES string of the molecule is CCN1CC2(CCN(C(=O)c3cc4ccccc4o3)CC2)OCCC1=O. The number of benzene rings is 1. The van der Waals surface area contributed by atoms with Crippen LogP contribution in [0.4, 0.5) is 0 Å². The van der Waals surface area contributed by atoms with Gasteiger partial charge in [0.25, 0.3) is 5.91 Å². The van der Waals surface area contributed by atoms with Crippen molar-refractivity contribution in [3.8, 4) is 0 Å². The molecule has 1 spiro atoms. The molecule has 0 bridgehead atoms. The Morgan fingerprint density at radius 3 is 2.73 bits per heavy atom. The predicted octanol–water partition coefficient (Wildman–Crippen LogP) is 2.68. The van der Waals surface area contributed by atoms with E-state index < -0.39 is 0 Å². The van der Waals surface area contributed by atoms with Gasteiger partial charge in [0.1, 0.15) is 5.58 Å². The summed E-state index contributed by atoms with van der Waals surface area (Å²) in [5, 5.41) is 0.938. The van der Waals surface area contributed by atoms with E-state index in [-0.39, 0.29) is 17.4 Å². The molecule has 0 unspecified atom stereocenters. The lowest BCUT2D eigenvalue weighted by molar-refractivity contribution is -0.131. The van der Waals surface area contributed by atoms with Crippen molar-refractivity contribution in [3.05, 3.63) is 36.1 Å². The molecular formula is C20H24N2O4. The summed E-state index contributed by atoms with van der Waals surface area (Å²) in [6, 6.07) is 9.45. The van der Waals surface area contributed by atoms with Gasteiger partial charge in [0.05, 0.1) is 18.6 Å². The number of piperidine rings is 1. The van der Waals surface area contributed by atoms with Crippen LogP contribution in [0.25, 0.3) is 11.0 Å². The highest BCUT2D eigenvalue weighted by atomic mass is 16.5. The first-order valence-corrected chi connectivity index (χ1v) is 9.30. The van der Waals surface area contributed by atoms with Crippen molar-refractivity contribution in [2.75, 3.05) is 32.8 Å². The molecule has 0 atom stereocenters. The van der Waals surface area contributed by atoms with Gasteiger partial charge in [0, 0.05) is 31.6 Å². The van der Waals surface area contributed by atoms with Gasteiger partial charge in [0.2, 0.25) is 5.91 Å². The molecule has 2 aliphatic rings. The second-order valence-corrected chi connectivity index (χ2v) is 7.13. The molecule has 0 saturated carbocycles. The Bertz CT molecular complexity index is 787. The van der Waals surface area contributed by atoms with Gasteiger partial charge >= 0.3 is 0 Å². The van der Waals surface area contributed by atoms with Gasteiger partial charge in [0.15, 0.2) is 5.76 Å². The monoisotopic (exact) mass is 356 g/mol. The summed E-state index contributed by atoms with van der Waals surface area (Å²) < 4.78 is 11.8. The number of nitrogens with zero attached hydrogens (tertiary/aromatic N) is 2. The second-order valence-electron chi connectivity index (χ2n) is 7.13. The fourth-order valence-electron chi connectivity index (χ4n) is 3.95. The molecule has 1 aromatic carbocycles. The van der Waals surface area contributed by atoms with Crippen molar-refractivity contribution in [1.29, 1.82) is 0 Å². The number of para-hydroxylation sites is 1. The van der Waals surface area contributed by atoms with Gasteiger partial charge in [-0.15, -0.1) is 0 Å². The third-order valence-electron chi connectivity index (χ3n) is 5.54. The molecule has 2 amide bonds.